The Kier molecular flexibility index (Phi) is 6.03. The van der Waals surface area contributed by atoms with Crippen molar-refractivity contribution in [1.29, 1.82) is 0 Å². The number of nitrogens with zero attached hydrogens (tertiary/aromatic N) is 5. The second kappa shape index (κ2) is 9.05. The van der Waals surface area contributed by atoms with Crippen LogP contribution < -0.4 is 0 Å². The lowest BCUT2D eigenvalue weighted by Crippen LogP contribution is -2.48. The van der Waals surface area contributed by atoms with Crippen LogP contribution in [0.25, 0.3) is 0 Å². The third kappa shape index (κ3) is 5.13. The van der Waals surface area contributed by atoms with Crippen molar-refractivity contribution in [2.24, 2.45) is 0 Å². The molecule has 2 heterocycles. The summed E-state index contributed by atoms with van der Waals surface area (Å²) in [7, 11) is 0. The van der Waals surface area contributed by atoms with Crippen LogP contribution in [0.5, 0.6) is 0 Å². The van der Waals surface area contributed by atoms with E-state index >= 15 is 0 Å². The molecule has 1 aliphatic heterocycles. The topological polar surface area (TPSA) is 84.5 Å². The first kappa shape index (κ1) is 20.7. The number of hydrogen-bond donors (Lipinski definition) is 0. The third-order valence-corrected chi connectivity index (χ3v) is 5.35. The highest BCUT2D eigenvalue weighted by Crippen LogP contribution is 2.14. The molecule has 8 nitrogen and oxygen atoms in total. The molecule has 1 amide bonds. The Bertz CT molecular complexity index is 1060. The summed E-state index contributed by atoms with van der Waals surface area (Å²) in [6, 6.07) is 13.7. The van der Waals surface area contributed by atoms with Crippen LogP contribution in [0.1, 0.15) is 21.5 Å². The van der Waals surface area contributed by atoms with E-state index in [1.807, 2.05) is 17.0 Å². The molecule has 1 aliphatic rings. The van der Waals surface area contributed by atoms with Gasteiger partial charge in [-0.25, -0.2) is 4.39 Å². The standard InChI is InChI=1S/C22H22FN5O3/c23-20-7-3-17(4-8-20)14-25-9-11-26(12-10-25)22(29)19-5-1-18(2-6-19)15-27-16-21(13-24-27)28(30)31/h1-8,13,16H,9-12,14-15H2. The van der Waals surface area contributed by atoms with Crippen molar-refractivity contribution < 1.29 is 14.1 Å². The Morgan fingerprint density at radius 1 is 0.968 bits per heavy atom. The van der Waals surface area contributed by atoms with E-state index in [0.29, 0.717) is 25.2 Å². The van der Waals surface area contributed by atoms with E-state index in [1.165, 1.54) is 29.2 Å². The molecule has 0 atom stereocenters. The Labute approximate surface area is 178 Å². The van der Waals surface area contributed by atoms with Gasteiger partial charge in [0.25, 0.3) is 5.91 Å². The molecule has 3 aromatic rings. The van der Waals surface area contributed by atoms with Gasteiger partial charge in [-0.15, -0.1) is 0 Å². The van der Waals surface area contributed by atoms with Crippen LogP contribution in [0.4, 0.5) is 10.1 Å². The zero-order valence-electron chi connectivity index (χ0n) is 16.9. The summed E-state index contributed by atoms with van der Waals surface area (Å²) in [6.07, 6.45) is 2.60. The number of amides is 1. The number of carbonyl (C=O) groups is 1. The van der Waals surface area contributed by atoms with Gasteiger partial charge in [0.05, 0.1) is 11.5 Å². The molecular weight excluding hydrogens is 401 g/mol. The van der Waals surface area contributed by atoms with Crippen LogP contribution in [0.3, 0.4) is 0 Å². The number of benzene rings is 2. The lowest BCUT2D eigenvalue weighted by Gasteiger charge is -2.34. The van der Waals surface area contributed by atoms with Crippen LogP contribution >= 0.6 is 0 Å². The van der Waals surface area contributed by atoms with Crippen molar-refractivity contribution in [2.45, 2.75) is 13.1 Å². The zero-order chi connectivity index (χ0) is 21.8. The highest BCUT2D eigenvalue weighted by atomic mass is 19.1. The summed E-state index contributed by atoms with van der Waals surface area (Å²) in [5, 5.41) is 14.7. The second-order valence-electron chi connectivity index (χ2n) is 7.54. The quantitative estimate of drug-likeness (QED) is 0.450. The summed E-state index contributed by atoms with van der Waals surface area (Å²) in [5.74, 6) is -0.251. The van der Waals surface area contributed by atoms with Crippen LogP contribution in [0, 0.1) is 15.9 Å². The molecule has 31 heavy (non-hydrogen) atoms. The molecule has 1 fully saturated rings. The normalized spacial score (nSPS) is 14.5. The van der Waals surface area contributed by atoms with Gasteiger partial charge in [-0.05, 0) is 35.4 Å². The summed E-state index contributed by atoms with van der Waals surface area (Å²) >= 11 is 0. The first-order valence-corrected chi connectivity index (χ1v) is 10.00. The number of aromatic nitrogens is 2. The lowest BCUT2D eigenvalue weighted by molar-refractivity contribution is -0.385. The number of nitro groups is 1. The van der Waals surface area contributed by atoms with E-state index in [2.05, 4.69) is 10.00 Å². The smallest absolute Gasteiger partial charge is 0.307 e. The van der Waals surface area contributed by atoms with Gasteiger partial charge in [-0.2, -0.15) is 5.10 Å². The van der Waals surface area contributed by atoms with Crippen LogP contribution in [-0.2, 0) is 13.1 Å². The van der Waals surface area contributed by atoms with E-state index in [9.17, 15) is 19.3 Å². The highest BCUT2D eigenvalue weighted by molar-refractivity contribution is 5.94. The van der Waals surface area contributed by atoms with E-state index in [1.54, 1.807) is 24.3 Å². The maximum absolute atomic E-state index is 13.0. The first-order chi connectivity index (χ1) is 15.0. The minimum absolute atomic E-state index is 0.0114. The average molecular weight is 423 g/mol. The maximum atomic E-state index is 13.0. The molecule has 0 saturated carbocycles. The molecule has 160 valence electrons. The number of hydrogen-bond acceptors (Lipinski definition) is 5. The minimum Gasteiger partial charge on any atom is -0.336 e. The fourth-order valence-electron chi connectivity index (χ4n) is 3.61. The van der Waals surface area contributed by atoms with Gasteiger partial charge in [0, 0.05) is 38.3 Å². The van der Waals surface area contributed by atoms with Crippen molar-refractivity contribution >= 4 is 11.6 Å². The Morgan fingerprint density at radius 3 is 2.19 bits per heavy atom. The molecule has 0 unspecified atom stereocenters. The number of halogens is 1. The maximum Gasteiger partial charge on any atom is 0.307 e. The molecule has 0 radical (unpaired) electrons. The third-order valence-electron chi connectivity index (χ3n) is 5.35. The predicted octanol–water partition coefficient (Wildman–Crippen LogP) is 2.94. The van der Waals surface area contributed by atoms with E-state index in [4.69, 9.17) is 0 Å². The van der Waals surface area contributed by atoms with Crippen LogP contribution in [0.2, 0.25) is 0 Å². The van der Waals surface area contributed by atoms with Gasteiger partial charge in [-0.3, -0.25) is 24.5 Å². The Balaban J connectivity index is 1.30. The van der Waals surface area contributed by atoms with Gasteiger partial charge >= 0.3 is 5.69 Å². The van der Waals surface area contributed by atoms with Crippen LogP contribution in [0.15, 0.2) is 60.9 Å². The molecule has 0 aliphatic carbocycles. The molecule has 1 aromatic heterocycles. The Morgan fingerprint density at radius 2 is 1.58 bits per heavy atom. The van der Waals surface area contributed by atoms with Crippen molar-refractivity contribution in [3.05, 3.63) is 93.5 Å². The van der Waals surface area contributed by atoms with Crippen molar-refractivity contribution in [3.63, 3.8) is 0 Å². The van der Waals surface area contributed by atoms with Crippen LogP contribution in [-0.4, -0.2) is 56.6 Å². The molecule has 0 bridgehead atoms. The van der Waals surface area contributed by atoms with Gasteiger partial charge in [-0.1, -0.05) is 24.3 Å². The molecular formula is C22H22FN5O3. The molecule has 0 N–H and O–H groups in total. The largest absolute Gasteiger partial charge is 0.336 e. The zero-order valence-corrected chi connectivity index (χ0v) is 16.9. The molecule has 9 heteroatoms. The molecule has 4 rings (SSSR count). The monoisotopic (exact) mass is 423 g/mol. The van der Waals surface area contributed by atoms with Gasteiger partial charge < -0.3 is 4.90 Å². The minimum atomic E-state index is -0.481. The molecule has 1 saturated heterocycles. The highest BCUT2D eigenvalue weighted by Gasteiger charge is 2.22. The van der Waals surface area contributed by atoms with Crippen molar-refractivity contribution in [2.75, 3.05) is 26.2 Å². The predicted molar refractivity (Wildman–Crippen MR) is 112 cm³/mol. The van der Waals surface area contributed by atoms with E-state index in [-0.39, 0.29) is 17.4 Å². The summed E-state index contributed by atoms with van der Waals surface area (Å²) < 4.78 is 14.5. The van der Waals surface area contributed by atoms with E-state index < -0.39 is 4.92 Å². The number of carbonyl (C=O) groups excluding carboxylic acids is 1. The number of piperazine rings is 1. The summed E-state index contributed by atoms with van der Waals surface area (Å²) in [5.41, 5.74) is 2.52. The first-order valence-electron chi connectivity index (χ1n) is 10.00. The van der Waals surface area contributed by atoms with Gasteiger partial charge in [0.2, 0.25) is 0 Å². The fourth-order valence-corrected chi connectivity index (χ4v) is 3.61. The summed E-state index contributed by atoms with van der Waals surface area (Å²) in [6.45, 7) is 3.93. The number of rotatable bonds is 6. The molecule has 0 spiro atoms. The van der Waals surface area contributed by atoms with Gasteiger partial charge in [0.1, 0.15) is 18.2 Å². The summed E-state index contributed by atoms with van der Waals surface area (Å²) in [4.78, 5) is 27.2. The van der Waals surface area contributed by atoms with Gasteiger partial charge in [0.15, 0.2) is 0 Å². The second-order valence-corrected chi connectivity index (χ2v) is 7.54. The Hall–Kier alpha value is -3.59. The average Bonchev–Trinajstić information content (AvgIpc) is 3.25. The molecule has 2 aromatic carbocycles. The lowest BCUT2D eigenvalue weighted by atomic mass is 10.1. The van der Waals surface area contributed by atoms with E-state index in [0.717, 1.165) is 30.8 Å². The fraction of sp³-hybridized carbons (Fsp3) is 0.273. The SMILES string of the molecule is O=C(c1ccc(Cn2cc([N+](=O)[O-])cn2)cc1)N1CCN(Cc2ccc(F)cc2)CC1. The van der Waals surface area contributed by atoms with Crippen molar-refractivity contribution in [1.82, 2.24) is 19.6 Å². The van der Waals surface area contributed by atoms with Crippen molar-refractivity contribution in [3.8, 4) is 0 Å².